The number of benzene rings is 1. The van der Waals surface area contributed by atoms with Gasteiger partial charge < -0.3 is 19.4 Å². The van der Waals surface area contributed by atoms with Gasteiger partial charge >= 0.3 is 6.09 Å². The van der Waals surface area contributed by atoms with E-state index in [1.54, 1.807) is 45.9 Å². The average molecular weight is 309 g/mol. The van der Waals surface area contributed by atoms with Crippen molar-refractivity contribution in [3.05, 3.63) is 23.8 Å². The van der Waals surface area contributed by atoms with Crippen LogP contribution in [-0.2, 0) is 9.53 Å². The van der Waals surface area contributed by atoms with Gasteiger partial charge in [0, 0.05) is 12.6 Å². The van der Waals surface area contributed by atoms with Crippen LogP contribution in [0.1, 0.15) is 39.3 Å². The van der Waals surface area contributed by atoms with Gasteiger partial charge in [0.15, 0.2) is 11.5 Å². The lowest BCUT2D eigenvalue weighted by molar-refractivity contribution is -0.112. The number of hydrogen-bond acceptors (Lipinski definition) is 5. The number of rotatable bonds is 5. The zero-order valence-corrected chi connectivity index (χ0v) is 13.6. The molecule has 6 heteroatoms. The lowest BCUT2D eigenvalue weighted by atomic mass is 10.1. The summed E-state index contributed by atoms with van der Waals surface area (Å²) in [6, 6.07) is 3.85. The van der Waals surface area contributed by atoms with Gasteiger partial charge in [-0.1, -0.05) is 12.1 Å². The van der Waals surface area contributed by atoms with Crippen molar-refractivity contribution in [1.82, 2.24) is 4.90 Å². The number of hydrogen-bond donors (Lipinski definition) is 1. The Morgan fingerprint density at radius 1 is 1.41 bits per heavy atom. The highest BCUT2D eigenvalue weighted by Gasteiger charge is 2.28. The molecule has 1 rings (SSSR count). The fourth-order valence-corrected chi connectivity index (χ4v) is 1.87. The van der Waals surface area contributed by atoms with Crippen molar-refractivity contribution >= 4 is 12.4 Å². The highest BCUT2D eigenvalue weighted by atomic mass is 16.6. The van der Waals surface area contributed by atoms with E-state index in [-0.39, 0.29) is 17.1 Å². The predicted octanol–water partition coefficient (Wildman–Crippen LogP) is 2.90. The first-order valence-electron chi connectivity index (χ1n) is 7.07. The summed E-state index contributed by atoms with van der Waals surface area (Å²) >= 11 is 0. The van der Waals surface area contributed by atoms with Crippen LogP contribution in [0.5, 0.6) is 11.5 Å². The van der Waals surface area contributed by atoms with Gasteiger partial charge in [-0.2, -0.15) is 0 Å². The summed E-state index contributed by atoms with van der Waals surface area (Å²) in [7, 11) is 1.44. The number of amides is 1. The van der Waals surface area contributed by atoms with Crippen LogP contribution in [-0.4, -0.2) is 41.6 Å². The highest BCUT2D eigenvalue weighted by molar-refractivity contribution is 5.76. The van der Waals surface area contributed by atoms with Gasteiger partial charge in [0.2, 0.25) is 0 Å². The Hall–Kier alpha value is -2.24. The number of aromatic hydroxyl groups is 1. The molecule has 122 valence electrons. The normalized spacial score (nSPS) is 12.4. The number of nitrogens with zero attached hydrogens (tertiary/aromatic N) is 1. The largest absolute Gasteiger partial charge is 0.504 e. The van der Waals surface area contributed by atoms with Crippen LogP contribution in [0.25, 0.3) is 0 Å². The molecule has 1 aromatic carbocycles. The van der Waals surface area contributed by atoms with E-state index < -0.39 is 17.7 Å². The van der Waals surface area contributed by atoms with E-state index in [2.05, 4.69) is 0 Å². The third kappa shape index (κ3) is 4.38. The van der Waals surface area contributed by atoms with Crippen molar-refractivity contribution in [3.8, 4) is 11.5 Å². The summed E-state index contributed by atoms with van der Waals surface area (Å²) in [4.78, 5) is 24.7. The Kier molecular flexibility index (Phi) is 5.79. The monoisotopic (exact) mass is 309 g/mol. The van der Waals surface area contributed by atoms with Crippen molar-refractivity contribution in [3.63, 3.8) is 0 Å². The number of likely N-dealkylation sites (N-methyl/N-ethyl adjacent to an activating group) is 1. The molecule has 0 aliphatic heterocycles. The van der Waals surface area contributed by atoms with E-state index in [0.29, 0.717) is 12.9 Å². The number of carbonyl (C=O) groups is 2. The number of phenols is 1. The summed E-state index contributed by atoms with van der Waals surface area (Å²) in [5.41, 5.74) is -0.386. The zero-order chi connectivity index (χ0) is 16.9. The number of phenolic OH excluding ortho intramolecular Hbond substituents is 1. The molecule has 1 aromatic rings. The number of ether oxygens (including phenoxy) is 2. The molecule has 0 saturated heterocycles. The molecule has 6 nitrogen and oxygen atoms in total. The molecule has 0 fully saturated rings. The maximum absolute atomic E-state index is 12.1. The molecule has 0 aromatic heterocycles. The third-order valence-corrected chi connectivity index (χ3v) is 2.88. The molecular formula is C16H23NO5. The van der Waals surface area contributed by atoms with E-state index in [1.807, 2.05) is 0 Å². The van der Waals surface area contributed by atoms with Crippen LogP contribution >= 0.6 is 0 Å². The lowest BCUT2D eigenvalue weighted by Crippen LogP contribution is -2.37. The Labute approximate surface area is 130 Å². The van der Waals surface area contributed by atoms with Crippen molar-refractivity contribution < 1.29 is 24.2 Å². The third-order valence-electron chi connectivity index (χ3n) is 2.88. The van der Waals surface area contributed by atoms with Crippen LogP contribution in [0.15, 0.2) is 18.2 Å². The Balaban J connectivity index is 3.08. The molecule has 1 atom stereocenters. The van der Waals surface area contributed by atoms with E-state index in [9.17, 15) is 14.7 Å². The summed E-state index contributed by atoms with van der Waals surface area (Å²) < 4.78 is 10.5. The minimum Gasteiger partial charge on any atom is -0.504 e. The Morgan fingerprint density at radius 3 is 2.55 bits per heavy atom. The molecule has 0 saturated carbocycles. The van der Waals surface area contributed by atoms with Crippen LogP contribution in [0, 0.1) is 0 Å². The molecule has 0 heterocycles. The molecule has 0 aliphatic carbocycles. The van der Waals surface area contributed by atoms with Crippen molar-refractivity contribution in [2.24, 2.45) is 0 Å². The molecule has 1 amide bonds. The summed E-state index contributed by atoms with van der Waals surface area (Å²) in [5.74, 6) is 0.112. The van der Waals surface area contributed by atoms with Crippen LogP contribution in [0.4, 0.5) is 4.79 Å². The minimum absolute atomic E-state index is 0.156. The number of para-hydroxylation sites is 1. The fourth-order valence-electron chi connectivity index (χ4n) is 1.87. The van der Waals surface area contributed by atoms with Crippen molar-refractivity contribution in [2.45, 2.75) is 39.3 Å². The van der Waals surface area contributed by atoms with Gasteiger partial charge in [0.25, 0.3) is 0 Å². The van der Waals surface area contributed by atoms with Crippen LogP contribution in [0.2, 0.25) is 0 Å². The summed E-state index contributed by atoms with van der Waals surface area (Å²) in [6.07, 6.45) is -0.0693. The van der Waals surface area contributed by atoms with Gasteiger partial charge in [0.05, 0.1) is 6.61 Å². The first-order chi connectivity index (χ1) is 10.2. The highest BCUT2D eigenvalue weighted by Crippen LogP contribution is 2.35. The van der Waals surface area contributed by atoms with Crippen LogP contribution in [0.3, 0.4) is 0 Å². The molecule has 0 bridgehead atoms. The molecule has 0 radical (unpaired) electrons. The summed E-state index contributed by atoms with van der Waals surface area (Å²) in [5, 5.41) is 10.2. The number of carbonyl (C=O) groups excluding carboxylic acids is 2. The minimum atomic E-state index is -0.963. The fraction of sp³-hybridized carbons (Fsp3) is 0.500. The van der Waals surface area contributed by atoms with Gasteiger partial charge in [-0.05, 0) is 33.8 Å². The summed E-state index contributed by atoms with van der Waals surface area (Å²) in [6.45, 7) is 7.38. The van der Waals surface area contributed by atoms with Gasteiger partial charge in [-0.15, -0.1) is 0 Å². The average Bonchev–Trinajstić information content (AvgIpc) is 2.41. The molecule has 0 aliphatic rings. The van der Waals surface area contributed by atoms with Gasteiger partial charge in [-0.3, -0.25) is 4.90 Å². The topological polar surface area (TPSA) is 76.1 Å². The second-order valence-corrected chi connectivity index (χ2v) is 5.80. The quantitative estimate of drug-likeness (QED) is 0.846. The van der Waals surface area contributed by atoms with Crippen LogP contribution < -0.4 is 4.74 Å². The van der Waals surface area contributed by atoms with E-state index in [1.165, 1.54) is 7.05 Å². The predicted molar refractivity (Wildman–Crippen MR) is 82.1 cm³/mol. The maximum Gasteiger partial charge on any atom is 0.410 e. The molecule has 1 unspecified atom stereocenters. The SMILES string of the molecule is CCOc1cccc(C(C=O)N(C)C(=O)OC(C)(C)C)c1O. The van der Waals surface area contributed by atoms with E-state index in [0.717, 1.165) is 4.90 Å². The Morgan fingerprint density at radius 2 is 2.05 bits per heavy atom. The van der Waals surface area contributed by atoms with Crippen molar-refractivity contribution in [1.29, 1.82) is 0 Å². The lowest BCUT2D eigenvalue weighted by Gasteiger charge is -2.28. The van der Waals surface area contributed by atoms with Gasteiger partial charge in [0.1, 0.15) is 17.9 Å². The maximum atomic E-state index is 12.1. The first kappa shape index (κ1) is 17.8. The molecule has 0 spiro atoms. The second-order valence-electron chi connectivity index (χ2n) is 5.80. The zero-order valence-electron chi connectivity index (χ0n) is 13.6. The number of aldehydes is 1. The second kappa shape index (κ2) is 7.15. The molecular weight excluding hydrogens is 286 g/mol. The molecule has 1 N–H and O–H groups in total. The first-order valence-corrected chi connectivity index (χ1v) is 7.07. The van der Waals surface area contributed by atoms with Crippen molar-refractivity contribution in [2.75, 3.05) is 13.7 Å². The van der Waals surface area contributed by atoms with E-state index in [4.69, 9.17) is 9.47 Å². The van der Waals surface area contributed by atoms with Gasteiger partial charge in [-0.25, -0.2) is 4.79 Å². The standard InChI is InChI=1S/C16H23NO5/c1-6-21-13-9-7-8-11(14(13)19)12(10-18)17(5)15(20)22-16(2,3)4/h7-10,12,19H,6H2,1-5H3. The molecule has 22 heavy (non-hydrogen) atoms. The van der Waals surface area contributed by atoms with E-state index >= 15 is 0 Å². The smallest absolute Gasteiger partial charge is 0.410 e. The Bertz CT molecular complexity index is 536.